The molecule has 3 aromatic heterocycles. The van der Waals surface area contributed by atoms with E-state index in [2.05, 4.69) is 21.9 Å². The molecule has 1 saturated heterocycles. The Hall–Kier alpha value is -3.56. The zero-order valence-corrected chi connectivity index (χ0v) is 21.5. The zero-order valence-electron chi connectivity index (χ0n) is 20.8. The monoisotopic (exact) mass is 518 g/mol. The summed E-state index contributed by atoms with van der Waals surface area (Å²) in [6.07, 6.45) is 5.24. The van der Waals surface area contributed by atoms with E-state index >= 15 is 0 Å². The number of rotatable bonds is 6. The lowest BCUT2D eigenvalue weighted by atomic mass is 10.1. The number of ether oxygens (including phenoxy) is 2. The van der Waals surface area contributed by atoms with E-state index < -0.39 is 0 Å². The molecule has 1 aromatic carbocycles. The summed E-state index contributed by atoms with van der Waals surface area (Å²) in [7, 11) is 0. The quantitative estimate of drug-likeness (QED) is 0.375. The number of benzene rings is 1. The SMILES string of the molecule is Cc1ccnc(Cn2c(-c3ccc(C(=O)N4CCOCC4)cc3Cl)nc3c(OC4(C)CC4)ncnc32)c1. The highest BCUT2D eigenvalue weighted by atomic mass is 35.5. The number of aryl methyl sites for hydroxylation is 1. The number of hydrogen-bond acceptors (Lipinski definition) is 7. The molecule has 2 fully saturated rings. The molecule has 0 unspecified atom stereocenters. The van der Waals surface area contributed by atoms with E-state index in [1.807, 2.05) is 29.7 Å². The maximum absolute atomic E-state index is 13.0. The summed E-state index contributed by atoms with van der Waals surface area (Å²) >= 11 is 6.80. The summed E-state index contributed by atoms with van der Waals surface area (Å²) in [6.45, 7) is 6.75. The van der Waals surface area contributed by atoms with Crippen LogP contribution >= 0.6 is 11.6 Å². The van der Waals surface area contributed by atoms with Crippen molar-refractivity contribution in [3.8, 4) is 17.3 Å². The predicted octanol–water partition coefficient (Wildman–Crippen LogP) is 4.30. The van der Waals surface area contributed by atoms with Crippen LogP contribution in [0.1, 0.15) is 41.4 Å². The van der Waals surface area contributed by atoms with Gasteiger partial charge in [0.1, 0.15) is 17.8 Å². The van der Waals surface area contributed by atoms with Gasteiger partial charge in [-0.05, 0) is 62.6 Å². The summed E-state index contributed by atoms with van der Waals surface area (Å²) in [4.78, 5) is 33.2. The number of carbonyl (C=O) groups is 1. The number of hydrogen-bond donors (Lipinski definition) is 0. The number of aromatic nitrogens is 5. The first kappa shape index (κ1) is 23.8. The van der Waals surface area contributed by atoms with Crippen molar-refractivity contribution in [1.29, 1.82) is 0 Å². The number of halogens is 1. The van der Waals surface area contributed by atoms with Crippen molar-refractivity contribution < 1.29 is 14.3 Å². The van der Waals surface area contributed by atoms with Gasteiger partial charge in [0, 0.05) is 30.4 Å². The van der Waals surface area contributed by atoms with Gasteiger partial charge in [-0.25, -0.2) is 9.97 Å². The second-order valence-corrected chi connectivity index (χ2v) is 10.3. The van der Waals surface area contributed by atoms with Crippen LogP contribution in [0.5, 0.6) is 5.88 Å². The third-order valence-corrected chi connectivity index (χ3v) is 7.16. The third kappa shape index (κ3) is 4.76. The molecule has 0 bridgehead atoms. The fraction of sp³-hybridized carbons (Fsp3) is 0.370. The molecule has 0 N–H and O–H groups in total. The minimum absolute atomic E-state index is 0.0616. The fourth-order valence-corrected chi connectivity index (χ4v) is 4.75. The number of fused-ring (bicyclic) bond motifs is 1. The first-order valence-electron chi connectivity index (χ1n) is 12.4. The Kier molecular flexibility index (Phi) is 6.04. The molecule has 2 aliphatic rings. The molecule has 0 radical (unpaired) electrons. The second-order valence-electron chi connectivity index (χ2n) is 9.85. The van der Waals surface area contributed by atoms with Crippen molar-refractivity contribution in [2.45, 2.75) is 38.8 Å². The second kappa shape index (κ2) is 9.39. The van der Waals surface area contributed by atoms with Gasteiger partial charge in [-0.3, -0.25) is 9.78 Å². The molecule has 0 atom stereocenters. The summed E-state index contributed by atoms with van der Waals surface area (Å²) in [5, 5.41) is 0.428. The van der Waals surface area contributed by atoms with Crippen LogP contribution in [0, 0.1) is 6.92 Å². The molecule has 0 spiro atoms. The van der Waals surface area contributed by atoms with Gasteiger partial charge in [-0.1, -0.05) is 11.6 Å². The lowest BCUT2D eigenvalue weighted by Crippen LogP contribution is -2.40. The van der Waals surface area contributed by atoms with E-state index in [0.717, 1.165) is 24.1 Å². The van der Waals surface area contributed by atoms with E-state index in [0.29, 0.717) is 71.9 Å². The fourth-order valence-electron chi connectivity index (χ4n) is 4.48. The van der Waals surface area contributed by atoms with E-state index in [-0.39, 0.29) is 11.5 Å². The van der Waals surface area contributed by atoms with E-state index in [9.17, 15) is 4.79 Å². The molecule has 9 nitrogen and oxygen atoms in total. The van der Waals surface area contributed by atoms with Crippen LogP contribution in [0.25, 0.3) is 22.6 Å². The van der Waals surface area contributed by atoms with Gasteiger partial charge >= 0.3 is 0 Å². The van der Waals surface area contributed by atoms with Crippen LogP contribution in [0.2, 0.25) is 5.02 Å². The van der Waals surface area contributed by atoms with Crippen molar-refractivity contribution in [3.63, 3.8) is 0 Å². The first-order chi connectivity index (χ1) is 17.9. The zero-order chi connectivity index (χ0) is 25.6. The molecule has 1 saturated carbocycles. The van der Waals surface area contributed by atoms with Crippen molar-refractivity contribution in [2.24, 2.45) is 0 Å². The predicted molar refractivity (Wildman–Crippen MR) is 139 cm³/mol. The molecule has 6 rings (SSSR count). The average molecular weight is 519 g/mol. The maximum atomic E-state index is 13.0. The van der Waals surface area contributed by atoms with E-state index in [4.69, 9.17) is 26.1 Å². The minimum atomic E-state index is -0.220. The Labute approximate surface area is 219 Å². The molecule has 10 heteroatoms. The standard InChI is InChI=1S/C27H27ClN6O3/c1-17-5-8-29-19(13-17)15-34-23(32-22-24(34)30-16-31-25(22)37-27(2)6-7-27)20-4-3-18(14-21(20)28)26(35)33-9-11-36-12-10-33/h3-5,8,13-14,16H,6-7,9-12,15H2,1-2H3. The van der Waals surface area contributed by atoms with Crippen LogP contribution in [0.4, 0.5) is 0 Å². The summed E-state index contributed by atoms with van der Waals surface area (Å²) in [5.74, 6) is 1.01. The van der Waals surface area contributed by atoms with Gasteiger partial charge in [0.15, 0.2) is 11.2 Å². The van der Waals surface area contributed by atoms with E-state index in [1.165, 1.54) is 6.33 Å². The largest absolute Gasteiger partial charge is 0.470 e. The van der Waals surface area contributed by atoms with Gasteiger partial charge in [-0.15, -0.1) is 0 Å². The van der Waals surface area contributed by atoms with Crippen molar-refractivity contribution in [2.75, 3.05) is 26.3 Å². The Balaban J connectivity index is 1.44. The average Bonchev–Trinajstić information content (AvgIpc) is 3.52. The van der Waals surface area contributed by atoms with Gasteiger partial charge in [0.25, 0.3) is 5.91 Å². The lowest BCUT2D eigenvalue weighted by Gasteiger charge is -2.27. The Bertz CT molecular complexity index is 1490. The Morgan fingerprint density at radius 3 is 2.68 bits per heavy atom. The third-order valence-electron chi connectivity index (χ3n) is 6.84. The minimum Gasteiger partial charge on any atom is -0.470 e. The normalized spacial score (nSPS) is 16.7. The Morgan fingerprint density at radius 2 is 1.95 bits per heavy atom. The molecule has 1 aliphatic carbocycles. The number of carbonyl (C=O) groups excluding carboxylic acids is 1. The highest BCUT2D eigenvalue weighted by Crippen LogP contribution is 2.41. The van der Waals surface area contributed by atoms with Crippen LogP contribution in [0.15, 0.2) is 42.9 Å². The highest BCUT2D eigenvalue weighted by molar-refractivity contribution is 6.33. The smallest absolute Gasteiger partial charge is 0.254 e. The van der Waals surface area contributed by atoms with Gasteiger partial charge in [0.2, 0.25) is 5.88 Å². The van der Waals surface area contributed by atoms with Crippen LogP contribution in [-0.2, 0) is 11.3 Å². The molecule has 4 aromatic rings. The molecular formula is C27H27ClN6O3. The summed E-state index contributed by atoms with van der Waals surface area (Å²) in [6, 6.07) is 9.33. The van der Waals surface area contributed by atoms with Gasteiger partial charge < -0.3 is 18.9 Å². The number of amides is 1. The highest BCUT2D eigenvalue weighted by Gasteiger charge is 2.41. The number of imidazole rings is 1. The topological polar surface area (TPSA) is 95.3 Å². The number of nitrogens with zero attached hydrogens (tertiary/aromatic N) is 6. The lowest BCUT2D eigenvalue weighted by molar-refractivity contribution is 0.0303. The summed E-state index contributed by atoms with van der Waals surface area (Å²) < 4.78 is 13.6. The maximum Gasteiger partial charge on any atom is 0.254 e. The molecule has 190 valence electrons. The number of pyridine rings is 1. The van der Waals surface area contributed by atoms with Crippen molar-refractivity contribution >= 4 is 28.7 Å². The molecule has 1 amide bonds. The number of morpholine rings is 1. The van der Waals surface area contributed by atoms with Crippen LogP contribution in [-0.4, -0.2) is 67.2 Å². The van der Waals surface area contributed by atoms with Crippen molar-refractivity contribution in [3.05, 3.63) is 64.7 Å². The summed E-state index contributed by atoms with van der Waals surface area (Å²) in [5.41, 5.74) is 4.19. The molecular weight excluding hydrogens is 492 g/mol. The first-order valence-corrected chi connectivity index (χ1v) is 12.8. The van der Waals surface area contributed by atoms with Crippen molar-refractivity contribution in [1.82, 2.24) is 29.4 Å². The molecule has 1 aliphatic heterocycles. The molecule has 4 heterocycles. The Morgan fingerprint density at radius 1 is 1.14 bits per heavy atom. The van der Waals surface area contributed by atoms with Gasteiger partial charge in [-0.2, -0.15) is 4.98 Å². The van der Waals surface area contributed by atoms with Crippen LogP contribution in [0.3, 0.4) is 0 Å². The van der Waals surface area contributed by atoms with Crippen LogP contribution < -0.4 is 4.74 Å². The van der Waals surface area contributed by atoms with E-state index in [1.54, 1.807) is 23.2 Å². The molecule has 37 heavy (non-hydrogen) atoms. The van der Waals surface area contributed by atoms with Gasteiger partial charge in [0.05, 0.1) is 30.5 Å².